The summed E-state index contributed by atoms with van der Waals surface area (Å²) in [5.74, 6) is -9.09. The Morgan fingerprint density at radius 2 is 0.514 bits per heavy atom. The zero-order valence-corrected chi connectivity index (χ0v) is 19.9. The largest absolute Gasteiger partial charge is 3.00 e. The fourth-order valence-corrected chi connectivity index (χ4v) is 1.99. The number of carbonyl (C=O) groups excluding carboxylic acids is 6. The molecule has 0 radical (unpaired) electrons. The third-order valence-corrected chi connectivity index (χ3v) is 3.50. The van der Waals surface area contributed by atoms with E-state index >= 15 is 0 Å². The Morgan fingerprint density at radius 1 is 0.378 bits per heavy atom. The molecule has 3 aromatic rings. The summed E-state index contributed by atoms with van der Waals surface area (Å²) < 4.78 is 0. The van der Waals surface area contributed by atoms with Gasteiger partial charge >= 0.3 is 38.6 Å². The van der Waals surface area contributed by atoms with Crippen molar-refractivity contribution >= 4 is 35.8 Å². The first-order chi connectivity index (χ1) is 16.8. The van der Waals surface area contributed by atoms with Gasteiger partial charge in [0, 0.05) is 0 Å². The van der Waals surface area contributed by atoms with Gasteiger partial charge in [0.2, 0.25) is 0 Å². The van der Waals surface area contributed by atoms with Gasteiger partial charge in [-0.25, -0.2) is 15.0 Å². The van der Waals surface area contributed by atoms with Crippen LogP contribution >= 0.6 is 0 Å². The van der Waals surface area contributed by atoms with E-state index in [2.05, 4.69) is 15.0 Å². The summed E-state index contributed by atoms with van der Waals surface area (Å²) in [5.41, 5.74) is -2.52. The number of carboxylic acids is 6. The Morgan fingerprint density at radius 3 is 0.622 bits per heavy atom. The monoisotopic (exact) mass is 654 g/mol. The SMILES string of the molecule is O=C([O-])c1cccc(C(=O)[O-])n1.O=C([O-])c1cccc(C(=O)[O-])n1.O=C([O-])c1cccc(C(=O)[O-])n1.[Tb+3]. The van der Waals surface area contributed by atoms with Crippen LogP contribution in [0, 0.1) is 38.6 Å². The Balaban J connectivity index is 0.000000518. The first kappa shape index (κ1) is 32.6. The van der Waals surface area contributed by atoms with Crippen molar-refractivity contribution < 1.29 is 98.0 Å². The van der Waals surface area contributed by atoms with Crippen molar-refractivity contribution in [3.05, 3.63) is 88.8 Å². The van der Waals surface area contributed by atoms with Gasteiger partial charge in [-0.05, 0) is 36.4 Å². The van der Waals surface area contributed by atoms with Crippen molar-refractivity contribution in [2.45, 2.75) is 0 Å². The van der Waals surface area contributed by atoms with Crippen LogP contribution in [-0.2, 0) is 0 Å². The predicted molar refractivity (Wildman–Crippen MR) is 98.7 cm³/mol. The Bertz CT molecular complexity index is 1080. The van der Waals surface area contributed by atoms with E-state index in [0.29, 0.717) is 0 Å². The van der Waals surface area contributed by atoms with E-state index in [9.17, 15) is 59.4 Å². The number of carbonyl (C=O) groups is 6. The minimum absolute atomic E-state index is 0. The van der Waals surface area contributed by atoms with Gasteiger partial charge in [0.05, 0.1) is 70.0 Å². The predicted octanol–water partition coefficient (Wildman–Crippen LogP) is -6.57. The fraction of sp³-hybridized carbons (Fsp3) is 0. The van der Waals surface area contributed by atoms with E-state index in [1.54, 1.807) is 0 Å². The zero-order chi connectivity index (χ0) is 27.4. The van der Waals surface area contributed by atoms with Gasteiger partial charge in [0.1, 0.15) is 0 Å². The second kappa shape index (κ2) is 15.5. The van der Waals surface area contributed by atoms with Crippen LogP contribution in [0.15, 0.2) is 54.6 Å². The van der Waals surface area contributed by atoms with Gasteiger partial charge < -0.3 is 59.4 Å². The summed E-state index contributed by atoms with van der Waals surface area (Å²) in [4.78, 5) is 70.9. The molecular formula is C21H9N3O12Tb-3. The molecule has 192 valence electrons. The summed E-state index contributed by atoms with van der Waals surface area (Å²) in [5, 5.41) is 61.1. The molecule has 0 saturated heterocycles. The van der Waals surface area contributed by atoms with E-state index in [4.69, 9.17) is 0 Å². The number of hydrogen-bond donors (Lipinski definition) is 0. The molecule has 0 bridgehead atoms. The van der Waals surface area contributed by atoms with Gasteiger partial charge in [-0.2, -0.15) is 0 Å². The molecule has 3 heterocycles. The molecule has 0 N–H and O–H groups in total. The molecule has 0 fully saturated rings. The maximum absolute atomic E-state index is 10.2. The number of aromatic nitrogens is 3. The van der Waals surface area contributed by atoms with Gasteiger partial charge in [0.25, 0.3) is 0 Å². The van der Waals surface area contributed by atoms with E-state index in [1.807, 2.05) is 0 Å². The van der Waals surface area contributed by atoms with Gasteiger partial charge in [-0.15, -0.1) is 0 Å². The molecular weight excluding hydrogens is 645 g/mol. The average Bonchev–Trinajstić information content (AvgIpc) is 2.85. The van der Waals surface area contributed by atoms with Gasteiger partial charge in [-0.3, -0.25) is 0 Å². The van der Waals surface area contributed by atoms with E-state index in [0.717, 1.165) is 36.4 Å². The topological polar surface area (TPSA) is 279 Å². The number of hydrogen-bond acceptors (Lipinski definition) is 15. The molecule has 0 aliphatic carbocycles. The summed E-state index contributed by atoms with van der Waals surface area (Å²) in [6.07, 6.45) is 0. The van der Waals surface area contributed by atoms with Crippen molar-refractivity contribution in [1.82, 2.24) is 15.0 Å². The first-order valence-corrected chi connectivity index (χ1v) is 9.02. The molecule has 0 aliphatic heterocycles. The Kier molecular flexibility index (Phi) is 13.7. The molecule has 3 rings (SSSR count). The van der Waals surface area contributed by atoms with Crippen LogP contribution in [0.2, 0.25) is 0 Å². The van der Waals surface area contributed by atoms with Crippen LogP contribution in [0.1, 0.15) is 62.9 Å². The van der Waals surface area contributed by atoms with E-state index in [-0.39, 0.29) is 38.6 Å². The van der Waals surface area contributed by atoms with Crippen molar-refractivity contribution in [3.63, 3.8) is 0 Å². The third kappa shape index (κ3) is 11.2. The van der Waals surface area contributed by atoms with Crippen molar-refractivity contribution in [3.8, 4) is 0 Å². The van der Waals surface area contributed by atoms with Gasteiger partial charge in [0.15, 0.2) is 0 Å². The maximum atomic E-state index is 10.2. The summed E-state index contributed by atoms with van der Waals surface area (Å²) in [6, 6.07) is 10.6. The van der Waals surface area contributed by atoms with Gasteiger partial charge in [-0.1, -0.05) is 18.2 Å². The van der Waals surface area contributed by atoms with Crippen LogP contribution < -0.4 is 30.6 Å². The maximum Gasteiger partial charge on any atom is 3.00 e. The van der Waals surface area contributed by atoms with Crippen molar-refractivity contribution in [2.24, 2.45) is 0 Å². The van der Waals surface area contributed by atoms with Crippen molar-refractivity contribution in [1.29, 1.82) is 0 Å². The van der Waals surface area contributed by atoms with Crippen LogP contribution in [0.25, 0.3) is 0 Å². The quantitative estimate of drug-likeness (QED) is 0.239. The molecule has 0 aliphatic rings. The normalized spacial score (nSPS) is 9.08. The number of nitrogens with zero attached hydrogens (tertiary/aromatic N) is 3. The van der Waals surface area contributed by atoms with E-state index in [1.165, 1.54) is 18.2 Å². The summed E-state index contributed by atoms with van der Waals surface area (Å²) >= 11 is 0. The van der Waals surface area contributed by atoms with Crippen LogP contribution in [0.5, 0.6) is 0 Å². The van der Waals surface area contributed by atoms with Crippen LogP contribution in [-0.4, -0.2) is 50.8 Å². The minimum Gasteiger partial charge on any atom is -0.543 e. The number of aromatic carboxylic acids is 6. The Hall–Kier alpha value is -4.44. The molecule has 37 heavy (non-hydrogen) atoms. The fourth-order valence-electron chi connectivity index (χ4n) is 1.99. The molecule has 0 amide bonds. The molecule has 0 atom stereocenters. The second-order valence-electron chi connectivity index (χ2n) is 5.95. The van der Waals surface area contributed by atoms with E-state index < -0.39 is 70.0 Å². The number of rotatable bonds is 6. The summed E-state index contributed by atoms with van der Waals surface area (Å²) in [7, 11) is 0. The molecule has 15 nitrogen and oxygen atoms in total. The minimum atomic E-state index is -1.52. The smallest absolute Gasteiger partial charge is 0.543 e. The second-order valence-corrected chi connectivity index (χ2v) is 5.95. The average molecular weight is 654 g/mol. The van der Waals surface area contributed by atoms with Crippen molar-refractivity contribution in [2.75, 3.05) is 0 Å². The van der Waals surface area contributed by atoms with Crippen LogP contribution in [0.3, 0.4) is 0 Å². The number of pyridine rings is 3. The molecule has 0 spiro atoms. The zero-order valence-electron chi connectivity index (χ0n) is 17.8. The van der Waals surface area contributed by atoms with Crippen LogP contribution in [0.4, 0.5) is 0 Å². The first-order valence-electron chi connectivity index (χ1n) is 9.02. The molecule has 0 aromatic carbocycles. The number of carboxylic acid groups (broad SMARTS) is 6. The Labute approximate surface area is 236 Å². The molecule has 16 heteroatoms. The molecule has 0 unspecified atom stereocenters. The standard InChI is InChI=1S/3C7H5NO4.Tb/c3*9-6(10)4-2-1-3-5(8-4)7(11)12;/h3*1-3H,(H,9,10)(H,11,12);/q;;;+3/p-6. The molecule has 3 aromatic heterocycles. The third-order valence-electron chi connectivity index (χ3n) is 3.50. The summed E-state index contributed by atoms with van der Waals surface area (Å²) in [6.45, 7) is 0. The molecule has 0 saturated carbocycles.